The van der Waals surface area contributed by atoms with E-state index in [0.717, 1.165) is 4.47 Å². The van der Waals surface area contributed by atoms with Crippen molar-refractivity contribution >= 4 is 27.9 Å². The van der Waals surface area contributed by atoms with E-state index in [9.17, 15) is 9.59 Å². The van der Waals surface area contributed by atoms with Gasteiger partial charge in [0.25, 0.3) is 5.91 Å². The largest absolute Gasteiger partial charge is 0.350 e. The van der Waals surface area contributed by atoms with Gasteiger partial charge in [-0.15, -0.1) is 0 Å². The van der Waals surface area contributed by atoms with Crippen molar-refractivity contribution in [1.29, 1.82) is 0 Å². The van der Waals surface area contributed by atoms with Gasteiger partial charge in [0.2, 0.25) is 5.89 Å². The highest BCUT2D eigenvalue weighted by Crippen LogP contribution is 2.11. The second-order valence-corrected chi connectivity index (χ2v) is 7.17. The first-order valence-electron chi connectivity index (χ1n) is 8.83. The van der Waals surface area contributed by atoms with Gasteiger partial charge in [0, 0.05) is 42.0 Å². The van der Waals surface area contributed by atoms with Gasteiger partial charge in [-0.05, 0) is 24.6 Å². The molecule has 0 atom stereocenters. The fourth-order valence-corrected chi connectivity index (χ4v) is 2.59. The SMILES string of the molecule is CC(C)c1noc(CCCNC(=O)NCCNC(=O)c2cccc(Br)c2)n1. The van der Waals surface area contributed by atoms with Gasteiger partial charge in [-0.3, -0.25) is 4.79 Å². The Balaban J connectivity index is 1.55. The number of halogens is 1. The molecular formula is C18H24BrN5O3. The molecule has 8 nitrogen and oxygen atoms in total. The number of carbonyl (C=O) groups is 2. The minimum absolute atomic E-state index is 0.182. The first kappa shape index (κ1) is 20.9. The Kier molecular flexibility index (Phi) is 8.25. The number of hydrogen-bond donors (Lipinski definition) is 3. The molecule has 3 amide bonds. The number of hydrogen-bond acceptors (Lipinski definition) is 5. The molecule has 0 aliphatic rings. The molecule has 1 heterocycles. The number of aryl methyl sites for hydroxylation is 1. The van der Waals surface area contributed by atoms with E-state index in [1.807, 2.05) is 19.9 Å². The van der Waals surface area contributed by atoms with Crippen LogP contribution in [0.25, 0.3) is 0 Å². The fourth-order valence-electron chi connectivity index (χ4n) is 2.19. The zero-order valence-electron chi connectivity index (χ0n) is 15.4. The molecule has 3 N–H and O–H groups in total. The number of benzene rings is 1. The van der Waals surface area contributed by atoms with Crippen LogP contribution in [-0.2, 0) is 6.42 Å². The second-order valence-electron chi connectivity index (χ2n) is 6.25. The molecule has 0 spiro atoms. The molecule has 0 aliphatic carbocycles. The zero-order chi connectivity index (χ0) is 19.6. The van der Waals surface area contributed by atoms with E-state index < -0.39 is 0 Å². The minimum atomic E-state index is -0.278. The Bertz CT molecular complexity index is 763. The van der Waals surface area contributed by atoms with Crippen molar-refractivity contribution in [3.05, 3.63) is 46.0 Å². The molecule has 0 saturated carbocycles. The van der Waals surface area contributed by atoms with Crippen molar-refractivity contribution in [3.63, 3.8) is 0 Å². The van der Waals surface area contributed by atoms with Gasteiger partial charge in [-0.2, -0.15) is 4.98 Å². The first-order chi connectivity index (χ1) is 13.0. The van der Waals surface area contributed by atoms with Crippen LogP contribution in [-0.4, -0.2) is 41.7 Å². The Morgan fingerprint density at radius 1 is 1.15 bits per heavy atom. The monoisotopic (exact) mass is 437 g/mol. The van der Waals surface area contributed by atoms with Gasteiger partial charge >= 0.3 is 6.03 Å². The third-order valence-electron chi connectivity index (χ3n) is 3.64. The van der Waals surface area contributed by atoms with Crippen LogP contribution in [0.4, 0.5) is 4.79 Å². The van der Waals surface area contributed by atoms with Gasteiger partial charge < -0.3 is 20.5 Å². The lowest BCUT2D eigenvalue weighted by atomic mass is 10.2. The maximum atomic E-state index is 12.0. The van der Waals surface area contributed by atoms with E-state index >= 15 is 0 Å². The number of urea groups is 1. The second kappa shape index (κ2) is 10.7. The average Bonchev–Trinajstić information content (AvgIpc) is 3.11. The molecule has 2 rings (SSSR count). The van der Waals surface area contributed by atoms with Crippen LogP contribution < -0.4 is 16.0 Å². The van der Waals surface area contributed by atoms with Gasteiger partial charge in [-0.1, -0.05) is 41.0 Å². The van der Waals surface area contributed by atoms with Crippen molar-refractivity contribution in [3.8, 4) is 0 Å². The van der Waals surface area contributed by atoms with Crippen LogP contribution in [0.1, 0.15) is 48.3 Å². The van der Waals surface area contributed by atoms with Crippen LogP contribution in [0.5, 0.6) is 0 Å². The molecule has 0 unspecified atom stereocenters. The first-order valence-corrected chi connectivity index (χ1v) is 9.63. The summed E-state index contributed by atoms with van der Waals surface area (Å²) in [6.07, 6.45) is 1.31. The Morgan fingerprint density at radius 2 is 1.89 bits per heavy atom. The summed E-state index contributed by atoms with van der Waals surface area (Å²) >= 11 is 3.32. The van der Waals surface area contributed by atoms with E-state index in [4.69, 9.17) is 4.52 Å². The normalized spacial score (nSPS) is 10.7. The molecule has 27 heavy (non-hydrogen) atoms. The molecule has 0 fully saturated rings. The topological polar surface area (TPSA) is 109 Å². The van der Waals surface area contributed by atoms with Gasteiger partial charge in [0.15, 0.2) is 5.82 Å². The average molecular weight is 438 g/mol. The molecule has 2 aromatic rings. The third-order valence-corrected chi connectivity index (χ3v) is 4.13. The summed E-state index contributed by atoms with van der Waals surface area (Å²) in [5.74, 6) is 1.32. The van der Waals surface area contributed by atoms with Gasteiger partial charge in [-0.25, -0.2) is 4.79 Å². The number of aromatic nitrogens is 2. The highest BCUT2D eigenvalue weighted by atomic mass is 79.9. The molecule has 0 saturated heterocycles. The number of nitrogens with one attached hydrogen (secondary N) is 3. The maximum Gasteiger partial charge on any atom is 0.314 e. The van der Waals surface area contributed by atoms with Crippen LogP contribution >= 0.6 is 15.9 Å². The summed E-state index contributed by atoms with van der Waals surface area (Å²) in [6, 6.07) is 6.84. The molecule has 0 aliphatic heterocycles. The summed E-state index contributed by atoms with van der Waals surface area (Å²) in [6.45, 7) is 5.19. The Morgan fingerprint density at radius 3 is 2.59 bits per heavy atom. The molecule has 1 aromatic carbocycles. The molecule has 9 heteroatoms. The van der Waals surface area contributed by atoms with E-state index in [1.54, 1.807) is 18.2 Å². The minimum Gasteiger partial charge on any atom is -0.350 e. The highest BCUT2D eigenvalue weighted by Gasteiger charge is 2.09. The summed E-state index contributed by atoms with van der Waals surface area (Å²) in [4.78, 5) is 28.0. The van der Waals surface area contributed by atoms with Crippen LogP contribution in [0.2, 0.25) is 0 Å². The van der Waals surface area contributed by atoms with E-state index in [-0.39, 0.29) is 17.9 Å². The zero-order valence-corrected chi connectivity index (χ0v) is 17.0. The van der Waals surface area contributed by atoms with Crippen LogP contribution in [0.3, 0.4) is 0 Å². The van der Waals surface area contributed by atoms with Gasteiger partial charge in [0.05, 0.1) is 0 Å². The third kappa shape index (κ3) is 7.38. The van der Waals surface area contributed by atoms with Gasteiger partial charge in [0.1, 0.15) is 0 Å². The quantitative estimate of drug-likeness (QED) is 0.522. The number of nitrogens with zero attached hydrogens (tertiary/aromatic N) is 2. The molecule has 146 valence electrons. The van der Waals surface area contributed by atoms with Crippen molar-refractivity contribution in [2.24, 2.45) is 0 Å². The van der Waals surface area contributed by atoms with Crippen molar-refractivity contribution in [2.45, 2.75) is 32.6 Å². The molecule has 1 aromatic heterocycles. The molecule has 0 bridgehead atoms. The number of amides is 3. The summed E-state index contributed by atoms with van der Waals surface area (Å²) in [5, 5.41) is 12.1. The standard InChI is InChI=1S/C18H24BrN5O3/c1-12(2)16-23-15(27-24-16)7-4-8-21-18(26)22-10-9-20-17(25)13-5-3-6-14(19)11-13/h3,5-6,11-12H,4,7-10H2,1-2H3,(H,20,25)(H2,21,22,26). The predicted molar refractivity (Wildman–Crippen MR) is 105 cm³/mol. The lowest BCUT2D eigenvalue weighted by molar-refractivity contribution is 0.0953. The summed E-state index contributed by atoms with van der Waals surface area (Å²) in [5.41, 5.74) is 0.565. The van der Waals surface area contributed by atoms with Crippen molar-refractivity contribution in [1.82, 2.24) is 26.1 Å². The van der Waals surface area contributed by atoms with Crippen LogP contribution in [0, 0.1) is 0 Å². The van der Waals surface area contributed by atoms with Crippen LogP contribution in [0.15, 0.2) is 33.3 Å². The van der Waals surface area contributed by atoms with E-state index in [1.165, 1.54) is 0 Å². The maximum absolute atomic E-state index is 12.0. The van der Waals surface area contributed by atoms with E-state index in [2.05, 4.69) is 42.0 Å². The van der Waals surface area contributed by atoms with Crippen molar-refractivity contribution < 1.29 is 14.1 Å². The summed E-state index contributed by atoms with van der Waals surface area (Å²) in [7, 11) is 0. The lowest BCUT2D eigenvalue weighted by Gasteiger charge is -2.08. The number of rotatable bonds is 9. The molecule has 0 radical (unpaired) electrons. The highest BCUT2D eigenvalue weighted by molar-refractivity contribution is 9.10. The number of carbonyl (C=O) groups excluding carboxylic acids is 2. The lowest BCUT2D eigenvalue weighted by Crippen LogP contribution is -2.40. The Hall–Kier alpha value is -2.42. The Labute approximate surface area is 166 Å². The molecular weight excluding hydrogens is 414 g/mol. The predicted octanol–water partition coefficient (Wildman–Crippen LogP) is 2.62. The van der Waals surface area contributed by atoms with E-state index in [0.29, 0.717) is 49.8 Å². The van der Waals surface area contributed by atoms with Crippen molar-refractivity contribution in [2.75, 3.05) is 19.6 Å². The fraction of sp³-hybridized carbons (Fsp3) is 0.444. The smallest absolute Gasteiger partial charge is 0.314 e. The summed E-state index contributed by atoms with van der Waals surface area (Å²) < 4.78 is 5.99.